The lowest BCUT2D eigenvalue weighted by molar-refractivity contribution is 0.365. The SMILES string of the molecule is CCC1CN(C(=NC)NCCC(C)(C)C)CCS1. The Morgan fingerprint density at radius 1 is 1.44 bits per heavy atom. The molecule has 1 atom stereocenters. The minimum atomic E-state index is 0.384. The van der Waals surface area contributed by atoms with Crippen molar-refractivity contribution in [1.29, 1.82) is 0 Å². The first-order valence-corrected chi connectivity index (χ1v) is 8.08. The van der Waals surface area contributed by atoms with Crippen molar-refractivity contribution in [3.63, 3.8) is 0 Å². The molecule has 0 amide bonds. The van der Waals surface area contributed by atoms with Gasteiger partial charge in [-0.25, -0.2) is 0 Å². The third-order valence-corrected chi connectivity index (χ3v) is 4.64. The Morgan fingerprint density at radius 2 is 2.17 bits per heavy atom. The number of nitrogens with one attached hydrogen (secondary N) is 1. The van der Waals surface area contributed by atoms with Crippen molar-refractivity contribution in [2.24, 2.45) is 10.4 Å². The van der Waals surface area contributed by atoms with Crippen molar-refractivity contribution in [3.8, 4) is 0 Å². The summed E-state index contributed by atoms with van der Waals surface area (Å²) in [4.78, 5) is 6.83. The largest absolute Gasteiger partial charge is 0.356 e. The summed E-state index contributed by atoms with van der Waals surface area (Å²) in [6.07, 6.45) is 2.42. The molecule has 0 radical (unpaired) electrons. The lowest BCUT2D eigenvalue weighted by Gasteiger charge is -2.34. The predicted octanol–water partition coefficient (Wildman–Crippen LogP) is 2.83. The molecule has 0 aromatic rings. The van der Waals surface area contributed by atoms with Crippen molar-refractivity contribution in [2.75, 3.05) is 32.4 Å². The summed E-state index contributed by atoms with van der Waals surface area (Å²) in [6.45, 7) is 12.4. The smallest absolute Gasteiger partial charge is 0.193 e. The van der Waals surface area contributed by atoms with E-state index in [1.54, 1.807) is 0 Å². The van der Waals surface area contributed by atoms with E-state index in [1.165, 1.54) is 18.6 Å². The molecule has 106 valence electrons. The van der Waals surface area contributed by atoms with Crippen LogP contribution in [0.25, 0.3) is 0 Å². The van der Waals surface area contributed by atoms with Crippen molar-refractivity contribution in [1.82, 2.24) is 10.2 Å². The first-order valence-electron chi connectivity index (χ1n) is 7.03. The quantitative estimate of drug-likeness (QED) is 0.632. The first kappa shape index (κ1) is 15.7. The van der Waals surface area contributed by atoms with Gasteiger partial charge in [-0.1, -0.05) is 27.7 Å². The van der Waals surface area contributed by atoms with Crippen LogP contribution >= 0.6 is 11.8 Å². The van der Waals surface area contributed by atoms with E-state index >= 15 is 0 Å². The molecule has 18 heavy (non-hydrogen) atoms. The van der Waals surface area contributed by atoms with E-state index in [0.29, 0.717) is 5.41 Å². The highest BCUT2D eigenvalue weighted by Gasteiger charge is 2.21. The van der Waals surface area contributed by atoms with Crippen LogP contribution in [0.5, 0.6) is 0 Å². The van der Waals surface area contributed by atoms with Crippen molar-refractivity contribution in [3.05, 3.63) is 0 Å². The average molecular weight is 271 g/mol. The fourth-order valence-electron chi connectivity index (χ4n) is 2.04. The molecule has 1 fully saturated rings. The standard InChI is InChI=1S/C14H29N3S/c1-6-12-11-17(9-10-18-12)13(15-5)16-8-7-14(2,3)4/h12H,6-11H2,1-5H3,(H,15,16). The number of guanidine groups is 1. The Bertz CT molecular complexity index is 271. The third-order valence-electron chi connectivity index (χ3n) is 3.26. The number of rotatable bonds is 3. The van der Waals surface area contributed by atoms with Crippen LogP contribution in [0.15, 0.2) is 4.99 Å². The van der Waals surface area contributed by atoms with Gasteiger partial charge in [0.15, 0.2) is 5.96 Å². The Hall–Kier alpha value is -0.380. The van der Waals surface area contributed by atoms with Crippen LogP contribution in [-0.2, 0) is 0 Å². The minimum absolute atomic E-state index is 0.384. The zero-order chi connectivity index (χ0) is 13.6. The molecule has 0 bridgehead atoms. The van der Waals surface area contributed by atoms with Gasteiger partial charge in [0.05, 0.1) is 0 Å². The van der Waals surface area contributed by atoms with E-state index in [2.05, 4.69) is 54.7 Å². The Labute approximate surface area is 117 Å². The number of thioether (sulfide) groups is 1. The maximum Gasteiger partial charge on any atom is 0.193 e. The molecule has 4 heteroatoms. The summed E-state index contributed by atoms with van der Waals surface area (Å²) in [6, 6.07) is 0. The molecule has 0 aromatic carbocycles. The van der Waals surface area contributed by atoms with Crippen molar-refractivity contribution < 1.29 is 0 Å². The van der Waals surface area contributed by atoms with Crippen LogP contribution < -0.4 is 5.32 Å². The van der Waals surface area contributed by atoms with Gasteiger partial charge in [0.1, 0.15) is 0 Å². The van der Waals surface area contributed by atoms with Crippen molar-refractivity contribution in [2.45, 2.75) is 45.8 Å². The average Bonchev–Trinajstić information content (AvgIpc) is 2.33. The van der Waals surface area contributed by atoms with Gasteiger partial charge in [-0.05, 0) is 18.3 Å². The normalized spacial score (nSPS) is 22.2. The van der Waals surface area contributed by atoms with Crippen LogP contribution in [0.1, 0.15) is 40.5 Å². The van der Waals surface area contributed by atoms with Gasteiger partial charge in [-0.2, -0.15) is 11.8 Å². The van der Waals surface area contributed by atoms with E-state index < -0.39 is 0 Å². The molecule has 0 aromatic heterocycles. The second-order valence-electron chi connectivity index (χ2n) is 6.13. The highest BCUT2D eigenvalue weighted by atomic mass is 32.2. The maximum atomic E-state index is 4.42. The molecule has 3 nitrogen and oxygen atoms in total. The van der Waals surface area contributed by atoms with Gasteiger partial charge in [0.25, 0.3) is 0 Å². The van der Waals surface area contributed by atoms with Crippen molar-refractivity contribution >= 4 is 17.7 Å². The summed E-state index contributed by atoms with van der Waals surface area (Å²) in [7, 11) is 1.89. The Kier molecular flexibility index (Phi) is 6.33. The zero-order valence-electron chi connectivity index (χ0n) is 12.6. The summed E-state index contributed by atoms with van der Waals surface area (Å²) < 4.78 is 0. The fourth-order valence-corrected chi connectivity index (χ4v) is 3.22. The van der Waals surface area contributed by atoms with Crippen LogP contribution in [0.2, 0.25) is 0 Å². The second-order valence-corrected chi connectivity index (χ2v) is 7.54. The predicted molar refractivity (Wildman–Crippen MR) is 83.5 cm³/mol. The molecular formula is C14H29N3S. The maximum absolute atomic E-state index is 4.42. The van der Waals surface area contributed by atoms with Gasteiger partial charge in [-0.3, -0.25) is 4.99 Å². The molecule has 1 rings (SSSR count). The summed E-state index contributed by atoms with van der Waals surface area (Å²) >= 11 is 2.10. The molecule has 1 aliphatic rings. The zero-order valence-corrected chi connectivity index (χ0v) is 13.4. The second kappa shape index (κ2) is 7.27. The molecule has 1 saturated heterocycles. The molecule has 1 aliphatic heterocycles. The van der Waals surface area contributed by atoms with Crippen LogP contribution in [-0.4, -0.2) is 48.5 Å². The minimum Gasteiger partial charge on any atom is -0.356 e. The van der Waals surface area contributed by atoms with Crippen LogP contribution in [0.3, 0.4) is 0 Å². The van der Waals surface area contributed by atoms with E-state index in [1.807, 2.05) is 7.05 Å². The third kappa shape index (κ3) is 5.51. The fraction of sp³-hybridized carbons (Fsp3) is 0.929. The monoisotopic (exact) mass is 271 g/mol. The molecular weight excluding hydrogens is 242 g/mol. The number of hydrogen-bond donors (Lipinski definition) is 1. The highest BCUT2D eigenvalue weighted by Crippen LogP contribution is 2.21. The molecule has 1 unspecified atom stereocenters. The number of hydrogen-bond acceptors (Lipinski definition) is 2. The van der Waals surface area contributed by atoms with Gasteiger partial charge >= 0.3 is 0 Å². The van der Waals surface area contributed by atoms with Gasteiger partial charge < -0.3 is 10.2 Å². The summed E-state index contributed by atoms with van der Waals surface area (Å²) in [5.41, 5.74) is 0.384. The summed E-state index contributed by atoms with van der Waals surface area (Å²) in [5.74, 6) is 2.30. The van der Waals surface area contributed by atoms with Gasteiger partial charge in [-0.15, -0.1) is 0 Å². The Balaban J connectivity index is 2.41. The van der Waals surface area contributed by atoms with Gasteiger partial charge in [0, 0.05) is 37.7 Å². The Morgan fingerprint density at radius 3 is 2.72 bits per heavy atom. The van der Waals surface area contributed by atoms with Crippen LogP contribution in [0.4, 0.5) is 0 Å². The first-order chi connectivity index (χ1) is 8.46. The molecule has 0 aliphatic carbocycles. The molecule has 1 heterocycles. The molecule has 0 saturated carbocycles. The number of nitrogens with zero attached hydrogens (tertiary/aromatic N) is 2. The van der Waals surface area contributed by atoms with E-state index in [9.17, 15) is 0 Å². The summed E-state index contributed by atoms with van der Waals surface area (Å²) in [5, 5.41) is 4.27. The highest BCUT2D eigenvalue weighted by molar-refractivity contribution is 8.00. The van der Waals surface area contributed by atoms with Gasteiger partial charge in [0.2, 0.25) is 0 Å². The van der Waals surface area contributed by atoms with E-state index in [4.69, 9.17) is 0 Å². The van der Waals surface area contributed by atoms with E-state index in [-0.39, 0.29) is 0 Å². The number of aliphatic imine (C=N–C) groups is 1. The molecule has 1 N–H and O–H groups in total. The topological polar surface area (TPSA) is 27.6 Å². The lowest BCUT2D eigenvalue weighted by atomic mass is 9.92. The molecule has 0 spiro atoms. The van der Waals surface area contributed by atoms with Crippen LogP contribution in [0, 0.1) is 5.41 Å². The lowest BCUT2D eigenvalue weighted by Crippen LogP contribution is -2.48. The van der Waals surface area contributed by atoms with E-state index in [0.717, 1.165) is 30.8 Å².